The van der Waals surface area contributed by atoms with Crippen molar-refractivity contribution < 1.29 is 22.2 Å². The van der Waals surface area contributed by atoms with Gasteiger partial charge in [0.2, 0.25) is 0 Å². The lowest BCUT2D eigenvalue weighted by Gasteiger charge is -2.19. The van der Waals surface area contributed by atoms with Crippen LogP contribution in [0.4, 0.5) is 0 Å². The summed E-state index contributed by atoms with van der Waals surface area (Å²) < 4.78 is 123. The smallest absolute Gasteiger partial charge is 0.143 e. The van der Waals surface area contributed by atoms with Gasteiger partial charge in [0.05, 0.1) is 17.8 Å². The van der Waals surface area contributed by atoms with Gasteiger partial charge in [-0.3, -0.25) is 0 Å². The van der Waals surface area contributed by atoms with E-state index in [1.165, 1.54) is 0 Å². The minimum absolute atomic E-state index is 0.0690. The van der Waals surface area contributed by atoms with Crippen LogP contribution in [0.15, 0.2) is 198 Å². The fourth-order valence-corrected chi connectivity index (χ4v) is 8.02. The monoisotopic (exact) mass is 685 g/mol. The molecule has 1 heteroatoms. The first-order valence-corrected chi connectivity index (χ1v) is 17.2. The third-order valence-electron chi connectivity index (χ3n) is 10.2. The second-order valence-corrected chi connectivity index (χ2v) is 12.9. The van der Waals surface area contributed by atoms with Gasteiger partial charge >= 0.3 is 0 Å². The lowest BCUT2D eigenvalue weighted by atomic mass is 9.83. The molecule has 0 unspecified atom stereocenters. The Kier molecular flexibility index (Phi) is 4.36. The molecule has 1 nitrogen and oxygen atoms in total. The van der Waals surface area contributed by atoms with Crippen LogP contribution < -0.4 is 0 Å². The highest BCUT2D eigenvalue weighted by Gasteiger charge is 2.21. The van der Waals surface area contributed by atoms with Gasteiger partial charge in [0.15, 0.2) is 0 Å². The summed E-state index contributed by atoms with van der Waals surface area (Å²) in [7, 11) is 0. The highest BCUT2D eigenvalue weighted by Crippen LogP contribution is 2.48. The SMILES string of the molecule is [2H]c1c([2H])c([2H])c(-c2c3c([2H])c([2H])c([2H])c([2H])c3c(-c3ccc(-c4cccc5c4oc4cccc(-c6cccc7ccccc67)c45)c4ccccc34)c3c([2H])c([2H])c([2H])c([2H])c23)c([2H])c1[2H]. The van der Waals surface area contributed by atoms with Crippen molar-refractivity contribution in [2.45, 2.75) is 0 Å². The number of benzene rings is 10. The fourth-order valence-electron chi connectivity index (χ4n) is 8.02. The predicted molar refractivity (Wildman–Crippen MR) is 225 cm³/mol. The summed E-state index contributed by atoms with van der Waals surface area (Å²) in [4.78, 5) is 0. The van der Waals surface area contributed by atoms with Crippen molar-refractivity contribution in [3.05, 3.63) is 194 Å². The third-order valence-corrected chi connectivity index (χ3v) is 10.2. The summed E-state index contributed by atoms with van der Waals surface area (Å²) >= 11 is 0. The minimum atomic E-state index is -0.719. The van der Waals surface area contributed by atoms with Gasteiger partial charge < -0.3 is 4.42 Å². The number of hydrogen-bond acceptors (Lipinski definition) is 1. The van der Waals surface area contributed by atoms with E-state index in [2.05, 4.69) is 30.3 Å². The number of fused-ring (bicyclic) bond motifs is 7. The van der Waals surface area contributed by atoms with Crippen LogP contribution >= 0.6 is 0 Å². The molecule has 0 saturated carbocycles. The first kappa shape index (κ1) is 19.6. The van der Waals surface area contributed by atoms with Crippen LogP contribution in [-0.2, 0) is 0 Å². The van der Waals surface area contributed by atoms with Crippen LogP contribution in [0.25, 0.3) is 110 Å². The molecule has 53 heavy (non-hydrogen) atoms. The molecule has 0 radical (unpaired) electrons. The van der Waals surface area contributed by atoms with Gasteiger partial charge in [-0.15, -0.1) is 0 Å². The van der Waals surface area contributed by atoms with E-state index in [9.17, 15) is 5.48 Å². The molecule has 0 amide bonds. The van der Waals surface area contributed by atoms with Gasteiger partial charge in [-0.05, 0) is 88.1 Å². The Morgan fingerprint density at radius 3 is 1.60 bits per heavy atom. The van der Waals surface area contributed by atoms with E-state index in [1.54, 1.807) is 6.07 Å². The fraction of sp³-hybridized carbons (Fsp3) is 0. The molecule has 246 valence electrons. The molecule has 11 aromatic rings. The van der Waals surface area contributed by atoms with Gasteiger partial charge in [0, 0.05) is 16.3 Å². The Balaban J connectivity index is 1.26. The predicted octanol–water partition coefficient (Wildman–Crippen LogP) is 14.9. The molecule has 0 aliphatic heterocycles. The Hall–Kier alpha value is -6.96. The van der Waals surface area contributed by atoms with E-state index >= 15 is 0 Å². The van der Waals surface area contributed by atoms with Gasteiger partial charge in [-0.25, -0.2) is 0 Å². The van der Waals surface area contributed by atoms with E-state index in [1.807, 2.05) is 78.9 Å². The lowest BCUT2D eigenvalue weighted by Crippen LogP contribution is -1.92. The normalized spacial score (nSPS) is 15.2. The van der Waals surface area contributed by atoms with Gasteiger partial charge in [0.25, 0.3) is 0 Å². The molecule has 0 N–H and O–H groups in total. The van der Waals surface area contributed by atoms with Crippen molar-refractivity contribution in [3.8, 4) is 44.5 Å². The topological polar surface area (TPSA) is 13.1 Å². The van der Waals surface area contributed by atoms with Crippen molar-refractivity contribution in [1.29, 1.82) is 0 Å². The molecule has 1 heterocycles. The van der Waals surface area contributed by atoms with E-state index in [0.717, 1.165) is 43.8 Å². The number of para-hydroxylation sites is 1. The maximum absolute atomic E-state index is 9.46. The maximum atomic E-state index is 9.46. The van der Waals surface area contributed by atoms with E-state index < -0.39 is 84.1 Å². The van der Waals surface area contributed by atoms with Crippen molar-refractivity contribution >= 4 is 65.0 Å². The zero-order valence-corrected chi connectivity index (χ0v) is 27.9. The van der Waals surface area contributed by atoms with Crippen LogP contribution in [0.1, 0.15) is 17.8 Å². The Labute approximate surface area is 325 Å². The van der Waals surface area contributed by atoms with Crippen molar-refractivity contribution in [2.24, 2.45) is 0 Å². The molecule has 0 spiro atoms. The van der Waals surface area contributed by atoms with Crippen molar-refractivity contribution in [1.82, 2.24) is 0 Å². The van der Waals surface area contributed by atoms with Gasteiger partial charge in [-0.1, -0.05) is 188 Å². The molecule has 10 aromatic carbocycles. The molecular weight excluding hydrogens is 641 g/mol. The average molecular weight is 686 g/mol. The second kappa shape index (κ2) is 11.8. The van der Waals surface area contributed by atoms with Crippen LogP contribution in [0.3, 0.4) is 0 Å². The zero-order valence-electron chi connectivity index (χ0n) is 40.9. The van der Waals surface area contributed by atoms with Crippen LogP contribution in [-0.4, -0.2) is 0 Å². The molecule has 11 rings (SSSR count). The molecule has 0 bridgehead atoms. The Morgan fingerprint density at radius 2 is 0.849 bits per heavy atom. The molecule has 0 aliphatic carbocycles. The Morgan fingerprint density at radius 1 is 0.340 bits per heavy atom. The summed E-state index contributed by atoms with van der Waals surface area (Å²) in [5, 5.41) is 4.56. The summed E-state index contributed by atoms with van der Waals surface area (Å²) in [5.41, 5.74) is 4.62. The highest BCUT2D eigenvalue weighted by atomic mass is 16.3. The van der Waals surface area contributed by atoms with Crippen molar-refractivity contribution in [2.75, 3.05) is 0 Å². The quantitative estimate of drug-likeness (QED) is 0.168. The van der Waals surface area contributed by atoms with Crippen LogP contribution in [0.2, 0.25) is 0 Å². The third kappa shape index (κ3) is 4.51. The second-order valence-electron chi connectivity index (χ2n) is 12.9. The molecule has 0 atom stereocenters. The minimum Gasteiger partial charge on any atom is -0.455 e. The number of hydrogen-bond donors (Lipinski definition) is 0. The molecular formula is C52H32O. The van der Waals surface area contributed by atoms with Gasteiger partial charge in [-0.2, -0.15) is 0 Å². The number of furan rings is 1. The summed E-state index contributed by atoms with van der Waals surface area (Å²) in [6.45, 7) is 0. The standard InChI is InChI=1S/C52H32O/c1-2-16-34(17-3-1)49-41-22-8-10-24-43(41)50(44-25-11-9-23-42(44)49)45-32-31-39(37-20-6-7-21-38(37)45)46-28-13-29-47-51-40(27-14-30-48(51)53-52(46)47)36-26-12-18-33-15-4-5-19-35(33)36/h1-32H/i1D,2D,3D,8D,9D,10D,11D,16D,17D,22D,23D,24D,25D. The average Bonchev–Trinajstić information content (AvgIpc) is 3.73. The molecule has 0 fully saturated rings. The molecule has 1 aromatic heterocycles. The summed E-state index contributed by atoms with van der Waals surface area (Å²) in [6, 6.07) is 29.1. The molecule has 0 aliphatic rings. The maximum Gasteiger partial charge on any atom is 0.143 e. The largest absolute Gasteiger partial charge is 0.455 e. The first-order valence-electron chi connectivity index (χ1n) is 23.7. The number of rotatable bonds is 4. The summed E-state index contributed by atoms with van der Waals surface area (Å²) in [5.74, 6) is 0. The zero-order chi connectivity index (χ0) is 46.2. The van der Waals surface area contributed by atoms with Crippen LogP contribution in [0.5, 0.6) is 0 Å². The van der Waals surface area contributed by atoms with Gasteiger partial charge in [0.1, 0.15) is 11.2 Å². The first-order chi connectivity index (χ1) is 31.7. The van der Waals surface area contributed by atoms with E-state index in [0.29, 0.717) is 27.5 Å². The van der Waals surface area contributed by atoms with E-state index in [-0.39, 0.29) is 32.7 Å². The van der Waals surface area contributed by atoms with E-state index in [4.69, 9.17) is 16.8 Å². The lowest BCUT2D eigenvalue weighted by molar-refractivity contribution is 0.670. The van der Waals surface area contributed by atoms with Crippen LogP contribution in [0, 0.1) is 0 Å². The Bertz CT molecular complexity index is 3870. The molecule has 0 saturated heterocycles. The highest BCUT2D eigenvalue weighted by molar-refractivity contribution is 6.25. The van der Waals surface area contributed by atoms with Crippen molar-refractivity contribution in [3.63, 3.8) is 0 Å². The summed E-state index contributed by atoms with van der Waals surface area (Å²) in [6.07, 6.45) is 0.